The van der Waals surface area contributed by atoms with Crippen LogP contribution in [-0.2, 0) is 15.7 Å². The number of hydrogen-bond donors (Lipinski definition) is 0. The number of hydrogen-bond acceptors (Lipinski definition) is 4. The molecule has 4 nitrogen and oxygen atoms in total. The summed E-state index contributed by atoms with van der Waals surface area (Å²) in [6.45, 7) is 1.32. The Morgan fingerprint density at radius 3 is 1.59 bits per heavy atom. The molecule has 0 heterocycles. The van der Waals surface area contributed by atoms with Crippen molar-refractivity contribution in [3.63, 3.8) is 0 Å². The lowest BCUT2D eigenvalue weighted by atomic mass is 10.1. The van der Waals surface area contributed by atoms with Gasteiger partial charge in [-0.15, -0.1) is 0 Å². The maximum atomic E-state index is 12.3. The lowest BCUT2D eigenvalue weighted by Gasteiger charge is -2.28. The number of ether oxygens (including phenoxy) is 2. The maximum absolute atomic E-state index is 12.3. The minimum atomic E-state index is -2.13. The van der Waals surface area contributed by atoms with Crippen molar-refractivity contribution in [1.29, 1.82) is 0 Å². The summed E-state index contributed by atoms with van der Waals surface area (Å²) in [7, 11) is -0.822. The van der Waals surface area contributed by atoms with Crippen molar-refractivity contribution in [3.05, 3.63) is 120 Å². The van der Waals surface area contributed by atoms with Gasteiger partial charge in [0.1, 0.15) is 34.5 Å². The van der Waals surface area contributed by atoms with Crippen molar-refractivity contribution in [2.24, 2.45) is 0 Å². The summed E-state index contributed by atoms with van der Waals surface area (Å²) < 4.78 is 10.3. The molecule has 170 valence electrons. The first-order valence-electron chi connectivity index (χ1n) is 11.0. The lowest BCUT2D eigenvalue weighted by Crippen LogP contribution is -2.32. The van der Waals surface area contributed by atoms with Crippen molar-refractivity contribution in [2.75, 3.05) is 7.11 Å². The number of methoxy groups -OCH3 is 1. The van der Waals surface area contributed by atoms with Gasteiger partial charge in [-0.25, -0.2) is 4.79 Å². The van der Waals surface area contributed by atoms with Crippen LogP contribution >= 0.6 is 7.26 Å². The normalized spacial score (nSPS) is 11.0. The Kier molecular flexibility index (Phi) is 7.20. The molecular formula is C29H26O4P+. The summed E-state index contributed by atoms with van der Waals surface area (Å²) in [5.41, 5.74) is 1.19. The van der Waals surface area contributed by atoms with Gasteiger partial charge in [-0.1, -0.05) is 60.7 Å². The smallest absolute Gasteiger partial charge is 0.341 e. The van der Waals surface area contributed by atoms with Gasteiger partial charge in [0, 0.05) is 6.92 Å². The monoisotopic (exact) mass is 469 g/mol. The third-order valence-electron chi connectivity index (χ3n) is 5.72. The Bertz CT molecular complexity index is 1170. The Labute approximate surface area is 200 Å². The zero-order chi connectivity index (χ0) is 24.0. The van der Waals surface area contributed by atoms with Crippen molar-refractivity contribution in [3.8, 4) is 5.75 Å². The average Bonchev–Trinajstić information content (AvgIpc) is 2.88. The van der Waals surface area contributed by atoms with E-state index in [2.05, 4.69) is 72.8 Å². The van der Waals surface area contributed by atoms with Crippen molar-refractivity contribution in [2.45, 2.75) is 13.1 Å². The third-order valence-corrected chi connectivity index (χ3v) is 10.1. The highest BCUT2D eigenvalue weighted by Gasteiger charge is 2.45. The summed E-state index contributed by atoms with van der Waals surface area (Å²) in [5.74, 6) is -0.820. The number of carbonyl (C=O) groups is 2. The molecule has 0 N–H and O–H groups in total. The van der Waals surface area contributed by atoms with Crippen LogP contribution in [0.1, 0.15) is 22.8 Å². The van der Waals surface area contributed by atoms with Crippen LogP contribution in [0.25, 0.3) is 0 Å². The quantitative estimate of drug-likeness (QED) is 0.220. The summed E-state index contributed by atoms with van der Waals surface area (Å²) >= 11 is 0. The molecule has 34 heavy (non-hydrogen) atoms. The molecule has 0 aliphatic carbocycles. The molecule has 4 aromatic carbocycles. The molecule has 0 aromatic heterocycles. The minimum Gasteiger partial charge on any atom is -0.465 e. The van der Waals surface area contributed by atoms with Gasteiger partial charge in [0.2, 0.25) is 0 Å². The van der Waals surface area contributed by atoms with E-state index in [1.807, 2.05) is 24.3 Å². The number of rotatable bonds is 7. The predicted octanol–water partition coefficient (Wildman–Crippen LogP) is 4.89. The van der Waals surface area contributed by atoms with Gasteiger partial charge < -0.3 is 9.47 Å². The van der Waals surface area contributed by atoms with Crippen LogP contribution in [0, 0.1) is 0 Å². The van der Waals surface area contributed by atoms with E-state index in [9.17, 15) is 9.59 Å². The van der Waals surface area contributed by atoms with E-state index >= 15 is 0 Å². The molecule has 0 amide bonds. The molecule has 4 rings (SSSR count). The van der Waals surface area contributed by atoms with E-state index in [4.69, 9.17) is 9.47 Å². The van der Waals surface area contributed by atoms with E-state index in [0.29, 0.717) is 6.16 Å². The zero-order valence-corrected chi connectivity index (χ0v) is 20.1. The Balaban J connectivity index is 1.94. The summed E-state index contributed by atoms with van der Waals surface area (Å²) in [4.78, 5) is 24.0. The first-order valence-corrected chi connectivity index (χ1v) is 13.0. The molecule has 0 aliphatic heterocycles. The van der Waals surface area contributed by atoms with Crippen LogP contribution in [0.15, 0.2) is 109 Å². The molecule has 5 heteroatoms. The van der Waals surface area contributed by atoms with Crippen LogP contribution in [0.2, 0.25) is 0 Å². The van der Waals surface area contributed by atoms with E-state index in [1.54, 1.807) is 12.1 Å². The van der Waals surface area contributed by atoms with Crippen molar-refractivity contribution < 1.29 is 19.1 Å². The van der Waals surface area contributed by atoms with E-state index < -0.39 is 19.2 Å². The SMILES string of the molecule is COC(=O)c1ccc(C[P+](c2ccccc2)(c2ccccc2)c2ccccc2)cc1OC(C)=O. The molecule has 4 aromatic rings. The third kappa shape index (κ3) is 4.78. The molecule has 0 aliphatic rings. The average molecular weight is 469 g/mol. The van der Waals surface area contributed by atoms with Crippen molar-refractivity contribution in [1.82, 2.24) is 0 Å². The van der Waals surface area contributed by atoms with Gasteiger partial charge >= 0.3 is 11.9 Å². The van der Waals surface area contributed by atoms with Crippen LogP contribution in [0.4, 0.5) is 0 Å². The molecule has 0 saturated heterocycles. The van der Waals surface area contributed by atoms with Gasteiger partial charge in [0.25, 0.3) is 0 Å². The topological polar surface area (TPSA) is 52.6 Å². The Morgan fingerprint density at radius 2 is 1.18 bits per heavy atom. The van der Waals surface area contributed by atoms with Gasteiger partial charge in [-0.2, -0.15) is 0 Å². The van der Waals surface area contributed by atoms with Crippen LogP contribution in [0.5, 0.6) is 5.75 Å². The molecule has 0 radical (unpaired) electrons. The van der Waals surface area contributed by atoms with Crippen LogP contribution in [-0.4, -0.2) is 19.0 Å². The highest BCUT2D eigenvalue weighted by atomic mass is 31.2. The largest absolute Gasteiger partial charge is 0.465 e. The number of carbonyl (C=O) groups excluding carboxylic acids is 2. The minimum absolute atomic E-state index is 0.212. The van der Waals surface area contributed by atoms with E-state index in [-0.39, 0.29) is 11.3 Å². The first kappa shape index (κ1) is 23.4. The summed E-state index contributed by atoms with van der Waals surface area (Å²) in [6, 6.07) is 37.0. The highest BCUT2D eigenvalue weighted by molar-refractivity contribution is 7.95. The molecule has 0 spiro atoms. The summed E-state index contributed by atoms with van der Waals surface area (Å²) in [6.07, 6.45) is 0.695. The fourth-order valence-electron chi connectivity index (χ4n) is 4.23. The lowest BCUT2D eigenvalue weighted by molar-refractivity contribution is -0.131. The Morgan fingerprint density at radius 1 is 0.706 bits per heavy atom. The second-order valence-electron chi connectivity index (χ2n) is 7.89. The van der Waals surface area contributed by atoms with Crippen LogP contribution in [0.3, 0.4) is 0 Å². The predicted molar refractivity (Wildman–Crippen MR) is 138 cm³/mol. The van der Waals surface area contributed by atoms with Gasteiger partial charge in [0.15, 0.2) is 0 Å². The fourth-order valence-corrected chi connectivity index (χ4v) is 8.46. The standard InChI is InChI=1S/C29H26O4P/c1-22(30)33-28-20-23(18-19-27(28)29(31)32-2)21-34(24-12-6-3-7-13-24,25-14-8-4-9-15-25)26-16-10-5-11-17-26/h3-20H,21H2,1-2H3/q+1. The maximum Gasteiger partial charge on any atom is 0.341 e. The number of benzene rings is 4. The summed E-state index contributed by atoms with van der Waals surface area (Å²) in [5, 5.41) is 3.75. The molecular weight excluding hydrogens is 443 g/mol. The van der Waals surface area contributed by atoms with Gasteiger partial charge in [-0.05, 0) is 54.1 Å². The van der Waals surface area contributed by atoms with Crippen molar-refractivity contribution >= 4 is 35.1 Å². The van der Waals surface area contributed by atoms with Gasteiger partial charge in [0.05, 0.1) is 13.3 Å². The fraction of sp³-hybridized carbons (Fsp3) is 0.103. The molecule has 0 atom stereocenters. The second kappa shape index (κ2) is 10.5. The first-order chi connectivity index (χ1) is 16.5. The number of esters is 2. The molecule has 0 saturated carbocycles. The molecule has 0 fully saturated rings. The Hall–Kier alpha value is -3.75. The van der Waals surface area contributed by atoms with Crippen LogP contribution < -0.4 is 20.7 Å². The zero-order valence-electron chi connectivity index (χ0n) is 19.2. The van der Waals surface area contributed by atoms with E-state index in [0.717, 1.165) is 5.56 Å². The van der Waals surface area contributed by atoms with Gasteiger partial charge in [-0.3, -0.25) is 4.79 Å². The highest BCUT2D eigenvalue weighted by Crippen LogP contribution is 2.58. The molecule has 0 unspecified atom stereocenters. The second-order valence-corrected chi connectivity index (χ2v) is 11.4. The molecule has 0 bridgehead atoms. The van der Waals surface area contributed by atoms with E-state index in [1.165, 1.54) is 29.9 Å².